The summed E-state index contributed by atoms with van der Waals surface area (Å²) in [5.41, 5.74) is 5.83. The number of fused-ring (bicyclic) bond motifs is 1. The van der Waals surface area contributed by atoms with E-state index in [0.29, 0.717) is 0 Å². The molecule has 2 aliphatic heterocycles. The summed E-state index contributed by atoms with van der Waals surface area (Å²) in [7, 11) is 0. The maximum atomic E-state index is 11.5. The summed E-state index contributed by atoms with van der Waals surface area (Å²) in [6.45, 7) is 4.46. The van der Waals surface area contributed by atoms with Gasteiger partial charge in [0.2, 0.25) is 0 Å². The average Bonchev–Trinajstić information content (AvgIpc) is 3.70. The van der Waals surface area contributed by atoms with Gasteiger partial charge in [0.25, 0.3) is 0 Å². The number of allylic oxidation sites excluding steroid dienone is 6. The van der Waals surface area contributed by atoms with Crippen LogP contribution >= 0.6 is 23.4 Å². The predicted octanol–water partition coefficient (Wildman–Crippen LogP) is 8.37. The van der Waals surface area contributed by atoms with Gasteiger partial charge in [-0.1, -0.05) is 78.4 Å². The van der Waals surface area contributed by atoms with Gasteiger partial charge in [-0.15, -0.1) is 0 Å². The number of thioether (sulfide) groups is 1. The van der Waals surface area contributed by atoms with Gasteiger partial charge in [-0.3, -0.25) is 4.79 Å². The Morgan fingerprint density at radius 2 is 1.95 bits per heavy atom. The monoisotopic (exact) mass is 587 g/mol. The molecule has 4 nitrogen and oxygen atoms in total. The summed E-state index contributed by atoms with van der Waals surface area (Å²) < 4.78 is 0. The van der Waals surface area contributed by atoms with Gasteiger partial charge in [0.05, 0.1) is 17.1 Å². The Morgan fingerprint density at radius 1 is 1.15 bits per heavy atom. The second kappa shape index (κ2) is 12.5. The normalized spacial score (nSPS) is 18.4. The zero-order valence-corrected chi connectivity index (χ0v) is 25.3. The molecule has 3 aliphatic rings. The number of hydrogen-bond donors (Lipinski definition) is 2. The highest BCUT2D eigenvalue weighted by molar-refractivity contribution is 7.99. The lowest BCUT2D eigenvalue weighted by atomic mass is 9.90. The van der Waals surface area contributed by atoms with Gasteiger partial charge in [-0.05, 0) is 91.0 Å². The Labute approximate surface area is 252 Å². The van der Waals surface area contributed by atoms with Crippen molar-refractivity contribution in [1.82, 2.24) is 4.90 Å². The Balaban J connectivity index is 1.33. The van der Waals surface area contributed by atoms with Gasteiger partial charge in [0.1, 0.15) is 0 Å². The Hall–Kier alpha value is -2.99. The minimum atomic E-state index is -0.903. The van der Waals surface area contributed by atoms with Crippen molar-refractivity contribution in [3.63, 3.8) is 0 Å². The third-order valence-corrected chi connectivity index (χ3v) is 9.95. The van der Waals surface area contributed by atoms with E-state index in [9.17, 15) is 15.0 Å². The van der Waals surface area contributed by atoms with Crippen LogP contribution in [0.2, 0.25) is 0 Å². The van der Waals surface area contributed by atoms with Crippen LogP contribution in [-0.2, 0) is 16.8 Å². The first kappa shape index (κ1) is 29.5. The fourth-order valence-electron chi connectivity index (χ4n) is 5.54. The van der Waals surface area contributed by atoms with Gasteiger partial charge in [0, 0.05) is 29.4 Å². The lowest BCUT2D eigenvalue weighted by Crippen LogP contribution is -2.20. The standard InChI is InChI=1S/C35H38ClNO3S/c1-34(2,40)31-9-4-3-7-27(31)12-15-32(41-24-35(17-18-35)22-33(38)39)28-8-5-6-25(20-28)10-11-26-16-19-37-23-29(36)13-14-30(37)21-26/h3-11,13-14,16,20-21,23,32,40H,12,15,17-19,22,24H2,1-2H3,(H,38,39)/t32-/m1/s1. The average molecular weight is 588 g/mol. The highest BCUT2D eigenvalue weighted by Crippen LogP contribution is 2.53. The summed E-state index contributed by atoms with van der Waals surface area (Å²) in [5, 5.41) is 21.1. The smallest absolute Gasteiger partial charge is 0.303 e. The van der Waals surface area contributed by atoms with Crippen LogP contribution in [-0.4, -0.2) is 33.4 Å². The van der Waals surface area contributed by atoms with Crippen molar-refractivity contribution in [1.29, 1.82) is 0 Å². The first-order chi connectivity index (χ1) is 19.6. The molecule has 6 heteroatoms. The number of carboxylic acids is 1. The van der Waals surface area contributed by atoms with E-state index in [0.717, 1.165) is 71.0 Å². The van der Waals surface area contributed by atoms with Crippen molar-refractivity contribution >= 4 is 35.4 Å². The number of hydrogen-bond acceptors (Lipinski definition) is 4. The predicted molar refractivity (Wildman–Crippen MR) is 171 cm³/mol. The number of rotatable bonds is 12. The van der Waals surface area contributed by atoms with Crippen LogP contribution in [0.4, 0.5) is 0 Å². The molecule has 2 heterocycles. The van der Waals surface area contributed by atoms with Crippen LogP contribution in [0.15, 0.2) is 101 Å². The summed E-state index contributed by atoms with van der Waals surface area (Å²) in [6, 6.07) is 16.8. The van der Waals surface area contributed by atoms with E-state index in [1.54, 1.807) is 0 Å². The molecule has 2 aromatic rings. The van der Waals surface area contributed by atoms with Crippen LogP contribution in [0.1, 0.15) is 67.0 Å². The van der Waals surface area contributed by atoms with Crippen molar-refractivity contribution in [2.24, 2.45) is 5.41 Å². The maximum absolute atomic E-state index is 11.5. The SMILES string of the molecule is CC(C)(O)c1ccccc1CC[C@@H](SCC1(CC(=O)O)CC1)c1cccc(C=CC2=CCN3C=C(Cl)C=CC3=C2)c1. The molecule has 41 heavy (non-hydrogen) atoms. The van der Waals surface area contributed by atoms with E-state index >= 15 is 0 Å². The molecule has 0 radical (unpaired) electrons. The van der Waals surface area contributed by atoms with E-state index in [1.807, 2.05) is 62.2 Å². The molecular weight excluding hydrogens is 550 g/mol. The Morgan fingerprint density at radius 3 is 2.71 bits per heavy atom. The molecule has 0 aromatic heterocycles. The van der Waals surface area contributed by atoms with Crippen molar-refractivity contribution in [3.8, 4) is 0 Å². The third-order valence-electron chi connectivity index (χ3n) is 8.04. The fourth-order valence-corrected chi connectivity index (χ4v) is 7.29. The molecule has 214 valence electrons. The second-order valence-corrected chi connectivity index (χ2v) is 13.5. The van der Waals surface area contributed by atoms with Gasteiger partial charge in [-0.2, -0.15) is 11.8 Å². The highest BCUT2D eigenvalue weighted by atomic mass is 35.5. The minimum absolute atomic E-state index is 0.0704. The van der Waals surface area contributed by atoms with E-state index in [1.165, 1.54) is 5.56 Å². The second-order valence-electron chi connectivity index (χ2n) is 11.9. The van der Waals surface area contributed by atoms with Gasteiger partial charge in [0.15, 0.2) is 0 Å². The van der Waals surface area contributed by atoms with Crippen LogP contribution in [0.3, 0.4) is 0 Å². The molecule has 0 spiro atoms. The summed E-state index contributed by atoms with van der Waals surface area (Å²) in [6.07, 6.45) is 18.6. The zero-order chi connectivity index (χ0) is 29.0. The molecule has 2 N–H and O–H groups in total. The van der Waals surface area contributed by atoms with Crippen LogP contribution in [0.5, 0.6) is 0 Å². The van der Waals surface area contributed by atoms with E-state index in [-0.39, 0.29) is 17.1 Å². The number of aliphatic carboxylic acids is 1. The number of benzene rings is 2. The Bertz CT molecular complexity index is 1440. The summed E-state index contributed by atoms with van der Waals surface area (Å²) in [4.78, 5) is 13.6. The van der Waals surface area contributed by atoms with Crippen molar-refractivity contribution in [3.05, 3.63) is 124 Å². The number of carboxylic acid groups (broad SMARTS) is 1. The lowest BCUT2D eigenvalue weighted by molar-refractivity contribution is -0.138. The molecule has 1 saturated carbocycles. The topological polar surface area (TPSA) is 60.8 Å². The quantitative estimate of drug-likeness (QED) is 0.261. The summed E-state index contributed by atoms with van der Waals surface area (Å²) >= 11 is 8.03. The molecule has 1 aliphatic carbocycles. The molecule has 0 bridgehead atoms. The first-order valence-electron chi connectivity index (χ1n) is 14.3. The van der Waals surface area contributed by atoms with E-state index in [2.05, 4.69) is 59.5 Å². The third kappa shape index (κ3) is 7.85. The number of aliphatic hydroxyl groups is 1. The van der Waals surface area contributed by atoms with Crippen molar-refractivity contribution < 1.29 is 15.0 Å². The van der Waals surface area contributed by atoms with Crippen molar-refractivity contribution in [2.75, 3.05) is 12.3 Å². The van der Waals surface area contributed by atoms with Crippen LogP contribution in [0.25, 0.3) is 6.08 Å². The molecule has 1 atom stereocenters. The maximum Gasteiger partial charge on any atom is 0.303 e. The first-order valence-corrected chi connectivity index (χ1v) is 15.7. The van der Waals surface area contributed by atoms with E-state index < -0.39 is 11.6 Å². The Kier molecular flexibility index (Phi) is 8.98. The van der Waals surface area contributed by atoms with Crippen LogP contribution in [0, 0.1) is 5.41 Å². The fraction of sp³-hybridized carbons (Fsp3) is 0.343. The molecule has 0 unspecified atom stereocenters. The van der Waals surface area contributed by atoms with E-state index in [4.69, 9.17) is 11.6 Å². The summed E-state index contributed by atoms with van der Waals surface area (Å²) in [5.74, 6) is 0.143. The zero-order valence-electron chi connectivity index (χ0n) is 23.7. The molecule has 0 saturated heterocycles. The molecule has 0 amide bonds. The molecule has 1 fully saturated rings. The molecule has 2 aromatic carbocycles. The number of nitrogens with zero attached hydrogens (tertiary/aromatic N) is 1. The molecular formula is C35H38ClNO3S. The van der Waals surface area contributed by atoms with Crippen LogP contribution < -0.4 is 0 Å². The number of carbonyl (C=O) groups is 1. The number of halogens is 1. The minimum Gasteiger partial charge on any atom is -0.481 e. The highest BCUT2D eigenvalue weighted by Gasteiger charge is 2.44. The van der Waals surface area contributed by atoms with Crippen molar-refractivity contribution in [2.45, 2.75) is 56.8 Å². The van der Waals surface area contributed by atoms with Gasteiger partial charge in [-0.25, -0.2) is 0 Å². The molecule has 5 rings (SSSR count). The lowest BCUT2D eigenvalue weighted by Gasteiger charge is -2.26. The number of aryl methyl sites for hydroxylation is 1. The largest absolute Gasteiger partial charge is 0.481 e. The van der Waals surface area contributed by atoms with Gasteiger partial charge < -0.3 is 15.1 Å². The van der Waals surface area contributed by atoms with Gasteiger partial charge >= 0.3 is 5.97 Å².